The number of nitrogens with two attached hydrogens (primary N) is 1. The molecule has 0 fully saturated rings. The smallest absolute Gasteiger partial charge is 0.413 e. The molecule has 16 heavy (non-hydrogen) atoms. The molecule has 0 atom stereocenters. The van der Waals surface area contributed by atoms with Crippen molar-refractivity contribution in [2.45, 2.75) is 6.36 Å². The summed E-state index contributed by atoms with van der Waals surface area (Å²) >= 11 is 0. The second kappa shape index (κ2) is 4.69. The predicted molar refractivity (Wildman–Crippen MR) is 50.8 cm³/mol. The number of primary amides is 1. The minimum Gasteiger partial charge on any atom is -0.413 e. The van der Waals surface area contributed by atoms with E-state index in [0.29, 0.717) is 6.26 Å². The van der Waals surface area contributed by atoms with Crippen molar-refractivity contribution in [3.8, 4) is 0 Å². The number of hydrogen-bond donors (Lipinski definition) is 1. The van der Waals surface area contributed by atoms with E-state index in [9.17, 15) is 18.0 Å². The minimum absolute atomic E-state index is 0.263. The van der Waals surface area contributed by atoms with Crippen LogP contribution in [0.2, 0.25) is 0 Å². The lowest BCUT2D eigenvalue weighted by molar-refractivity contribution is -0.297. The van der Waals surface area contributed by atoms with E-state index < -0.39 is 12.3 Å². The van der Waals surface area contributed by atoms with E-state index in [2.05, 4.69) is 4.74 Å². The van der Waals surface area contributed by atoms with Crippen LogP contribution in [0.25, 0.3) is 5.57 Å². The number of carbonyl (C=O) groups is 1. The summed E-state index contributed by atoms with van der Waals surface area (Å²) in [6.45, 7) is 0. The fourth-order valence-corrected chi connectivity index (χ4v) is 1.01. The highest BCUT2D eigenvalue weighted by Gasteiger charge is 2.29. The largest absolute Gasteiger partial charge is 0.572 e. The Morgan fingerprint density at radius 1 is 1.25 bits per heavy atom. The van der Waals surface area contributed by atoms with Crippen LogP contribution in [-0.4, -0.2) is 12.3 Å². The number of hydrogen-bond acceptors (Lipinski definition) is 2. The molecule has 2 N–H and O–H groups in total. The highest BCUT2D eigenvalue weighted by molar-refractivity contribution is 6.18. The van der Waals surface area contributed by atoms with Crippen molar-refractivity contribution in [1.82, 2.24) is 0 Å². The zero-order valence-corrected chi connectivity index (χ0v) is 7.99. The van der Waals surface area contributed by atoms with E-state index in [1.807, 2.05) is 0 Å². The molecule has 0 radical (unpaired) electrons. The standard InChI is InChI=1S/C10H8F3NO2/c11-10(12,13)16-6-8(9(14)15)7-4-2-1-3-5-7/h1-6H,(H2,14,15). The van der Waals surface area contributed by atoms with Crippen LogP contribution < -0.4 is 5.73 Å². The van der Waals surface area contributed by atoms with Gasteiger partial charge >= 0.3 is 6.36 Å². The Kier molecular flexibility index (Phi) is 3.55. The summed E-state index contributed by atoms with van der Waals surface area (Å²) in [6, 6.07) is 7.71. The van der Waals surface area contributed by atoms with E-state index in [4.69, 9.17) is 5.73 Å². The van der Waals surface area contributed by atoms with Gasteiger partial charge in [0.1, 0.15) is 6.26 Å². The first-order valence-electron chi connectivity index (χ1n) is 4.20. The molecule has 1 aromatic carbocycles. The number of halogens is 3. The SMILES string of the molecule is NC(=O)C(=COC(F)(F)F)c1ccccc1. The van der Waals surface area contributed by atoms with Gasteiger partial charge in [-0.2, -0.15) is 0 Å². The molecule has 0 unspecified atom stereocenters. The summed E-state index contributed by atoms with van der Waals surface area (Å²) < 4.78 is 38.8. The second-order valence-electron chi connectivity index (χ2n) is 2.83. The lowest BCUT2D eigenvalue weighted by Gasteiger charge is -2.07. The van der Waals surface area contributed by atoms with Gasteiger partial charge in [0.2, 0.25) is 0 Å². The van der Waals surface area contributed by atoms with Crippen LogP contribution in [0, 0.1) is 0 Å². The Morgan fingerprint density at radius 2 is 1.81 bits per heavy atom. The molecule has 0 saturated heterocycles. The van der Waals surface area contributed by atoms with E-state index in [-0.39, 0.29) is 11.1 Å². The Hall–Kier alpha value is -1.98. The number of amides is 1. The van der Waals surface area contributed by atoms with Gasteiger partial charge in [-0.1, -0.05) is 30.3 Å². The highest BCUT2D eigenvalue weighted by Crippen LogP contribution is 2.20. The van der Waals surface area contributed by atoms with E-state index in [1.165, 1.54) is 12.1 Å². The van der Waals surface area contributed by atoms with E-state index in [0.717, 1.165) is 0 Å². The van der Waals surface area contributed by atoms with Crippen molar-refractivity contribution in [3.63, 3.8) is 0 Å². The van der Waals surface area contributed by atoms with Crippen LogP contribution in [0.3, 0.4) is 0 Å². The molecular weight excluding hydrogens is 223 g/mol. The number of carbonyl (C=O) groups excluding carboxylic acids is 1. The monoisotopic (exact) mass is 231 g/mol. The number of rotatable bonds is 3. The summed E-state index contributed by atoms with van der Waals surface area (Å²) in [5.74, 6) is -0.990. The van der Waals surface area contributed by atoms with E-state index >= 15 is 0 Å². The van der Waals surface area contributed by atoms with Gasteiger partial charge in [0.05, 0.1) is 5.57 Å². The molecule has 3 nitrogen and oxygen atoms in total. The van der Waals surface area contributed by atoms with Crippen LogP contribution in [-0.2, 0) is 9.53 Å². The van der Waals surface area contributed by atoms with Crippen LogP contribution in [0.1, 0.15) is 5.56 Å². The van der Waals surface area contributed by atoms with Crippen LogP contribution in [0.5, 0.6) is 0 Å². The summed E-state index contributed by atoms with van der Waals surface area (Å²) in [6.07, 6.45) is -4.53. The lowest BCUT2D eigenvalue weighted by Crippen LogP contribution is -2.15. The zero-order valence-electron chi connectivity index (χ0n) is 7.99. The molecule has 0 spiro atoms. The number of alkyl halides is 3. The predicted octanol–water partition coefficient (Wildman–Crippen LogP) is 2.05. The van der Waals surface area contributed by atoms with E-state index in [1.54, 1.807) is 18.2 Å². The van der Waals surface area contributed by atoms with Gasteiger partial charge in [-0.3, -0.25) is 4.79 Å². The van der Waals surface area contributed by atoms with Crippen LogP contribution in [0.4, 0.5) is 13.2 Å². The van der Waals surface area contributed by atoms with Crippen LogP contribution in [0.15, 0.2) is 36.6 Å². The maximum atomic E-state index is 11.8. The molecule has 1 aromatic rings. The average Bonchev–Trinajstić information content (AvgIpc) is 2.17. The van der Waals surface area contributed by atoms with Crippen molar-refractivity contribution >= 4 is 11.5 Å². The van der Waals surface area contributed by atoms with Gasteiger partial charge in [0.25, 0.3) is 5.91 Å². The number of ether oxygens (including phenoxy) is 1. The maximum absolute atomic E-state index is 11.8. The van der Waals surface area contributed by atoms with Crippen molar-refractivity contribution in [2.75, 3.05) is 0 Å². The fraction of sp³-hybridized carbons (Fsp3) is 0.100. The Balaban J connectivity index is 2.97. The second-order valence-corrected chi connectivity index (χ2v) is 2.83. The molecule has 0 aromatic heterocycles. The third-order valence-electron chi connectivity index (χ3n) is 1.66. The van der Waals surface area contributed by atoms with Gasteiger partial charge < -0.3 is 10.5 Å². The molecular formula is C10H8F3NO2. The summed E-state index contributed by atoms with van der Waals surface area (Å²) in [5, 5.41) is 0. The Labute approximate surface area is 89.3 Å². The van der Waals surface area contributed by atoms with Crippen molar-refractivity contribution < 1.29 is 22.7 Å². The Bertz CT molecular complexity index is 398. The molecule has 0 bridgehead atoms. The van der Waals surface area contributed by atoms with Crippen molar-refractivity contribution in [2.24, 2.45) is 5.73 Å². The maximum Gasteiger partial charge on any atom is 0.572 e. The normalized spacial score (nSPS) is 12.3. The van der Waals surface area contributed by atoms with Gasteiger partial charge in [-0.05, 0) is 5.56 Å². The summed E-state index contributed by atoms with van der Waals surface area (Å²) in [7, 11) is 0. The summed E-state index contributed by atoms with van der Waals surface area (Å²) in [4.78, 5) is 10.9. The lowest BCUT2D eigenvalue weighted by atomic mass is 10.1. The first kappa shape index (κ1) is 12.1. The van der Waals surface area contributed by atoms with Crippen LogP contribution >= 0.6 is 0 Å². The van der Waals surface area contributed by atoms with Crippen molar-refractivity contribution in [3.05, 3.63) is 42.2 Å². The first-order valence-corrected chi connectivity index (χ1v) is 4.20. The van der Waals surface area contributed by atoms with Gasteiger partial charge in [-0.25, -0.2) is 0 Å². The average molecular weight is 231 g/mol. The molecule has 86 valence electrons. The molecule has 0 saturated carbocycles. The molecule has 6 heteroatoms. The van der Waals surface area contributed by atoms with Crippen molar-refractivity contribution in [1.29, 1.82) is 0 Å². The van der Waals surface area contributed by atoms with Gasteiger partial charge in [0.15, 0.2) is 0 Å². The quantitative estimate of drug-likeness (QED) is 0.639. The molecule has 1 rings (SSSR count). The highest BCUT2D eigenvalue weighted by atomic mass is 19.4. The fourth-order valence-electron chi connectivity index (χ4n) is 1.01. The molecule has 0 aliphatic carbocycles. The molecule has 0 aliphatic rings. The number of benzene rings is 1. The third kappa shape index (κ3) is 3.64. The van der Waals surface area contributed by atoms with Gasteiger partial charge in [-0.15, -0.1) is 13.2 Å². The molecule has 0 heterocycles. The molecule has 0 aliphatic heterocycles. The first-order chi connectivity index (χ1) is 7.40. The topological polar surface area (TPSA) is 52.3 Å². The summed E-state index contributed by atoms with van der Waals surface area (Å²) in [5.41, 5.74) is 4.87. The third-order valence-corrected chi connectivity index (χ3v) is 1.66. The Morgan fingerprint density at radius 3 is 2.25 bits per heavy atom. The van der Waals surface area contributed by atoms with Gasteiger partial charge in [0, 0.05) is 0 Å². The minimum atomic E-state index is -4.84. The molecule has 1 amide bonds. The zero-order chi connectivity index (χ0) is 12.2.